The molecule has 2 aromatic rings. The number of nitrogens with zero attached hydrogens (tertiary/aromatic N) is 2. The van der Waals surface area contributed by atoms with Crippen LogP contribution in [-0.4, -0.2) is 9.55 Å². The Morgan fingerprint density at radius 1 is 1.47 bits per heavy atom. The summed E-state index contributed by atoms with van der Waals surface area (Å²) in [6.45, 7) is 4.36. The largest absolute Gasteiger partial charge is 0.485 e. The highest BCUT2D eigenvalue weighted by molar-refractivity contribution is 6.29. The summed E-state index contributed by atoms with van der Waals surface area (Å²) in [5.41, 5.74) is 8.02. The predicted octanol–water partition coefficient (Wildman–Crippen LogP) is 2.98. The molecule has 102 valence electrons. The standard InChI is InChI=1S/C14H18ClN3O/c1-9-6-11(10(2)16)4-5-12(9)19-8-14-17-7-13(15)18(14)3/h4-7,10H,8,16H2,1-3H3/t10-/m0/s1. The molecule has 0 amide bonds. The minimum Gasteiger partial charge on any atom is -0.485 e. The van der Waals surface area contributed by atoms with Gasteiger partial charge >= 0.3 is 0 Å². The summed E-state index contributed by atoms with van der Waals surface area (Å²) in [6.07, 6.45) is 1.62. The molecule has 5 heteroatoms. The summed E-state index contributed by atoms with van der Waals surface area (Å²) in [7, 11) is 1.86. The number of aryl methyl sites for hydroxylation is 1. The van der Waals surface area contributed by atoms with Gasteiger partial charge in [-0.15, -0.1) is 0 Å². The van der Waals surface area contributed by atoms with Crippen molar-refractivity contribution in [3.8, 4) is 5.75 Å². The molecule has 0 aliphatic heterocycles. The third kappa shape index (κ3) is 3.08. The van der Waals surface area contributed by atoms with Crippen molar-refractivity contribution in [2.75, 3.05) is 0 Å². The fourth-order valence-corrected chi connectivity index (χ4v) is 1.96. The molecule has 0 saturated heterocycles. The van der Waals surface area contributed by atoms with Gasteiger partial charge in [-0.2, -0.15) is 0 Å². The van der Waals surface area contributed by atoms with Crippen molar-refractivity contribution < 1.29 is 4.74 Å². The summed E-state index contributed by atoms with van der Waals surface area (Å²) < 4.78 is 7.57. The van der Waals surface area contributed by atoms with Crippen molar-refractivity contribution in [3.05, 3.63) is 46.5 Å². The van der Waals surface area contributed by atoms with Crippen LogP contribution in [0.2, 0.25) is 5.15 Å². The lowest BCUT2D eigenvalue weighted by atomic mass is 10.1. The monoisotopic (exact) mass is 279 g/mol. The second kappa shape index (κ2) is 5.63. The molecular weight excluding hydrogens is 262 g/mol. The molecule has 0 saturated carbocycles. The second-order valence-electron chi connectivity index (χ2n) is 4.66. The van der Waals surface area contributed by atoms with Crippen molar-refractivity contribution >= 4 is 11.6 Å². The molecule has 0 unspecified atom stereocenters. The maximum Gasteiger partial charge on any atom is 0.147 e. The van der Waals surface area contributed by atoms with Crippen LogP contribution < -0.4 is 10.5 Å². The molecule has 1 atom stereocenters. The summed E-state index contributed by atoms with van der Waals surface area (Å²) in [5, 5.41) is 0.600. The van der Waals surface area contributed by atoms with Gasteiger partial charge in [0, 0.05) is 13.1 Å². The Kier molecular flexibility index (Phi) is 4.12. The lowest BCUT2D eigenvalue weighted by Crippen LogP contribution is -2.07. The highest BCUT2D eigenvalue weighted by Gasteiger charge is 2.08. The van der Waals surface area contributed by atoms with Crippen molar-refractivity contribution in [1.82, 2.24) is 9.55 Å². The zero-order valence-corrected chi connectivity index (χ0v) is 12.1. The molecule has 2 N–H and O–H groups in total. The van der Waals surface area contributed by atoms with E-state index in [2.05, 4.69) is 4.98 Å². The zero-order valence-electron chi connectivity index (χ0n) is 11.4. The van der Waals surface area contributed by atoms with Crippen molar-refractivity contribution in [1.29, 1.82) is 0 Å². The first kappa shape index (κ1) is 13.9. The summed E-state index contributed by atoms with van der Waals surface area (Å²) in [4.78, 5) is 4.19. The molecule has 0 bridgehead atoms. The number of imidazole rings is 1. The van der Waals surface area contributed by atoms with E-state index in [9.17, 15) is 0 Å². The molecule has 1 heterocycles. The van der Waals surface area contributed by atoms with Gasteiger partial charge in [0.15, 0.2) is 0 Å². The maximum atomic E-state index is 5.93. The van der Waals surface area contributed by atoms with Gasteiger partial charge in [0.25, 0.3) is 0 Å². The van der Waals surface area contributed by atoms with E-state index in [1.807, 2.05) is 39.1 Å². The zero-order chi connectivity index (χ0) is 14.0. The van der Waals surface area contributed by atoms with Gasteiger partial charge in [-0.3, -0.25) is 0 Å². The Hall–Kier alpha value is -1.52. The van der Waals surface area contributed by atoms with E-state index < -0.39 is 0 Å². The number of hydrogen-bond acceptors (Lipinski definition) is 3. The lowest BCUT2D eigenvalue weighted by Gasteiger charge is -2.12. The van der Waals surface area contributed by atoms with Crippen molar-refractivity contribution in [2.45, 2.75) is 26.5 Å². The smallest absolute Gasteiger partial charge is 0.147 e. The average molecular weight is 280 g/mol. The number of benzene rings is 1. The van der Waals surface area contributed by atoms with Crippen LogP contribution in [0.15, 0.2) is 24.4 Å². The summed E-state index contributed by atoms with van der Waals surface area (Å²) in [6, 6.07) is 6.00. The fraction of sp³-hybridized carbons (Fsp3) is 0.357. The molecule has 1 aromatic carbocycles. The van der Waals surface area contributed by atoms with E-state index in [0.29, 0.717) is 11.8 Å². The minimum atomic E-state index is 0.0288. The third-order valence-electron chi connectivity index (χ3n) is 3.11. The second-order valence-corrected chi connectivity index (χ2v) is 5.05. The lowest BCUT2D eigenvalue weighted by molar-refractivity contribution is 0.290. The van der Waals surface area contributed by atoms with E-state index in [-0.39, 0.29) is 6.04 Å². The molecule has 4 nitrogen and oxygen atoms in total. The van der Waals surface area contributed by atoms with Gasteiger partial charge < -0.3 is 15.0 Å². The molecule has 19 heavy (non-hydrogen) atoms. The molecule has 0 radical (unpaired) electrons. The van der Waals surface area contributed by atoms with E-state index in [1.165, 1.54) is 0 Å². The fourth-order valence-electron chi connectivity index (χ4n) is 1.82. The Morgan fingerprint density at radius 3 is 2.74 bits per heavy atom. The Balaban J connectivity index is 2.10. The van der Waals surface area contributed by atoms with Crippen LogP contribution >= 0.6 is 11.6 Å². The molecule has 0 aliphatic carbocycles. The SMILES string of the molecule is Cc1cc([C@H](C)N)ccc1OCc1ncc(Cl)n1C. The van der Waals surface area contributed by atoms with E-state index in [1.54, 1.807) is 10.8 Å². The molecule has 1 aromatic heterocycles. The van der Waals surface area contributed by atoms with Crippen LogP contribution in [0.5, 0.6) is 5.75 Å². The predicted molar refractivity (Wildman–Crippen MR) is 76.3 cm³/mol. The van der Waals surface area contributed by atoms with Gasteiger partial charge in [-0.05, 0) is 31.0 Å². The summed E-state index contributed by atoms with van der Waals surface area (Å²) >= 11 is 5.93. The molecule has 0 aliphatic rings. The average Bonchev–Trinajstić information content (AvgIpc) is 2.68. The molecule has 0 spiro atoms. The van der Waals surface area contributed by atoms with Gasteiger partial charge in [-0.25, -0.2) is 4.98 Å². The Morgan fingerprint density at radius 2 is 2.21 bits per heavy atom. The minimum absolute atomic E-state index is 0.0288. The van der Waals surface area contributed by atoms with Crippen LogP contribution in [0, 0.1) is 6.92 Å². The first-order valence-electron chi connectivity index (χ1n) is 6.14. The van der Waals surface area contributed by atoms with Crippen LogP contribution in [0.4, 0.5) is 0 Å². The Bertz CT molecular complexity index is 578. The van der Waals surface area contributed by atoms with Gasteiger partial charge in [0.05, 0.1) is 6.20 Å². The summed E-state index contributed by atoms with van der Waals surface area (Å²) in [5.74, 6) is 1.63. The first-order chi connectivity index (χ1) is 8.99. The number of aromatic nitrogens is 2. The van der Waals surface area contributed by atoms with Crippen LogP contribution in [0.1, 0.15) is 29.9 Å². The molecular formula is C14H18ClN3O. The number of hydrogen-bond donors (Lipinski definition) is 1. The first-order valence-corrected chi connectivity index (χ1v) is 6.52. The highest BCUT2D eigenvalue weighted by atomic mass is 35.5. The number of nitrogens with two attached hydrogens (primary N) is 1. The molecule has 0 fully saturated rings. The maximum absolute atomic E-state index is 5.93. The number of halogens is 1. The number of rotatable bonds is 4. The van der Waals surface area contributed by atoms with Crippen LogP contribution in [0.3, 0.4) is 0 Å². The highest BCUT2D eigenvalue weighted by Crippen LogP contribution is 2.23. The van der Waals surface area contributed by atoms with E-state index in [0.717, 1.165) is 22.7 Å². The third-order valence-corrected chi connectivity index (χ3v) is 3.46. The Labute approximate surface area is 118 Å². The van der Waals surface area contributed by atoms with Crippen LogP contribution in [0.25, 0.3) is 0 Å². The topological polar surface area (TPSA) is 53.1 Å². The molecule has 2 rings (SSSR count). The quantitative estimate of drug-likeness (QED) is 0.936. The van der Waals surface area contributed by atoms with Gasteiger partial charge in [0.1, 0.15) is 23.3 Å². The van der Waals surface area contributed by atoms with E-state index >= 15 is 0 Å². The van der Waals surface area contributed by atoms with Crippen LogP contribution in [-0.2, 0) is 13.7 Å². The van der Waals surface area contributed by atoms with Gasteiger partial charge in [-0.1, -0.05) is 23.7 Å². The van der Waals surface area contributed by atoms with Crippen molar-refractivity contribution in [2.24, 2.45) is 12.8 Å². The normalized spacial score (nSPS) is 12.5. The van der Waals surface area contributed by atoms with E-state index in [4.69, 9.17) is 22.1 Å². The number of ether oxygens (including phenoxy) is 1. The van der Waals surface area contributed by atoms with Gasteiger partial charge in [0.2, 0.25) is 0 Å². The van der Waals surface area contributed by atoms with Crippen molar-refractivity contribution in [3.63, 3.8) is 0 Å².